The topological polar surface area (TPSA) is 111 Å². The number of aryl methyl sites for hydroxylation is 1. The zero-order valence-electron chi connectivity index (χ0n) is 15.5. The SMILES string of the molecule is Cc1ccc(Br)cc1NC(=O)CCNC(=O)COc1ccc(CC(N)=O)cc1. The number of hydrogen-bond donors (Lipinski definition) is 3. The Kier molecular flexibility index (Phi) is 8.01. The summed E-state index contributed by atoms with van der Waals surface area (Å²) in [5, 5.41) is 5.45. The van der Waals surface area contributed by atoms with Crippen LogP contribution in [0.1, 0.15) is 17.5 Å². The first-order valence-corrected chi connectivity index (χ1v) is 9.45. The van der Waals surface area contributed by atoms with Gasteiger partial charge in [0.2, 0.25) is 11.8 Å². The number of primary amides is 1. The summed E-state index contributed by atoms with van der Waals surface area (Å²) in [6.45, 7) is 1.95. The van der Waals surface area contributed by atoms with Gasteiger partial charge in [0.1, 0.15) is 5.75 Å². The molecule has 2 rings (SSSR count). The highest BCUT2D eigenvalue weighted by atomic mass is 79.9. The number of carbonyl (C=O) groups excluding carboxylic acids is 3. The van der Waals surface area contributed by atoms with E-state index in [4.69, 9.17) is 10.5 Å². The van der Waals surface area contributed by atoms with Crippen molar-refractivity contribution in [1.82, 2.24) is 5.32 Å². The van der Waals surface area contributed by atoms with Gasteiger partial charge in [0.05, 0.1) is 6.42 Å². The second kappa shape index (κ2) is 10.5. The molecule has 3 amide bonds. The summed E-state index contributed by atoms with van der Waals surface area (Å²) < 4.78 is 6.25. The molecule has 0 spiro atoms. The van der Waals surface area contributed by atoms with E-state index in [0.29, 0.717) is 5.75 Å². The van der Waals surface area contributed by atoms with Crippen LogP contribution in [-0.4, -0.2) is 30.9 Å². The maximum Gasteiger partial charge on any atom is 0.257 e. The molecule has 0 aliphatic rings. The lowest BCUT2D eigenvalue weighted by Crippen LogP contribution is -2.31. The number of hydrogen-bond acceptors (Lipinski definition) is 4. The highest BCUT2D eigenvalue weighted by molar-refractivity contribution is 9.10. The van der Waals surface area contributed by atoms with Gasteiger partial charge in [-0.25, -0.2) is 0 Å². The Morgan fingerprint density at radius 3 is 2.46 bits per heavy atom. The molecule has 0 atom stereocenters. The lowest BCUT2D eigenvalue weighted by atomic mass is 10.1. The number of ether oxygens (including phenoxy) is 1. The molecule has 0 aromatic heterocycles. The van der Waals surface area contributed by atoms with Gasteiger partial charge in [-0.2, -0.15) is 0 Å². The molecular formula is C20H22BrN3O4. The molecule has 28 heavy (non-hydrogen) atoms. The van der Waals surface area contributed by atoms with Crippen LogP contribution >= 0.6 is 15.9 Å². The van der Waals surface area contributed by atoms with Crippen LogP contribution < -0.4 is 21.1 Å². The average molecular weight is 448 g/mol. The van der Waals surface area contributed by atoms with E-state index >= 15 is 0 Å². The smallest absolute Gasteiger partial charge is 0.257 e. The summed E-state index contributed by atoms with van der Waals surface area (Å²) in [5.74, 6) is -0.418. The molecular weight excluding hydrogens is 426 g/mol. The van der Waals surface area contributed by atoms with Crippen molar-refractivity contribution < 1.29 is 19.1 Å². The highest BCUT2D eigenvalue weighted by Gasteiger charge is 2.08. The van der Waals surface area contributed by atoms with E-state index in [1.54, 1.807) is 24.3 Å². The van der Waals surface area contributed by atoms with E-state index in [2.05, 4.69) is 26.6 Å². The van der Waals surface area contributed by atoms with Crippen molar-refractivity contribution in [2.24, 2.45) is 5.73 Å². The van der Waals surface area contributed by atoms with Crippen molar-refractivity contribution in [1.29, 1.82) is 0 Å². The fraction of sp³-hybridized carbons (Fsp3) is 0.250. The number of nitrogens with one attached hydrogen (secondary N) is 2. The molecule has 7 nitrogen and oxygen atoms in total. The lowest BCUT2D eigenvalue weighted by molar-refractivity contribution is -0.123. The minimum Gasteiger partial charge on any atom is -0.484 e. The van der Waals surface area contributed by atoms with Gasteiger partial charge in [-0.1, -0.05) is 34.1 Å². The molecule has 0 saturated heterocycles. The Bertz CT molecular complexity index is 853. The predicted octanol–water partition coefficient (Wildman–Crippen LogP) is 2.31. The molecule has 8 heteroatoms. The van der Waals surface area contributed by atoms with Gasteiger partial charge >= 0.3 is 0 Å². The molecule has 0 saturated carbocycles. The van der Waals surface area contributed by atoms with Crippen molar-refractivity contribution in [3.63, 3.8) is 0 Å². The molecule has 0 fully saturated rings. The lowest BCUT2D eigenvalue weighted by Gasteiger charge is -2.10. The number of amides is 3. The van der Waals surface area contributed by atoms with E-state index < -0.39 is 5.91 Å². The predicted molar refractivity (Wildman–Crippen MR) is 110 cm³/mol. The Hall–Kier alpha value is -2.87. The summed E-state index contributed by atoms with van der Waals surface area (Å²) in [6, 6.07) is 12.4. The van der Waals surface area contributed by atoms with Gasteiger partial charge in [0, 0.05) is 23.1 Å². The number of nitrogens with two attached hydrogens (primary N) is 1. The van der Waals surface area contributed by atoms with Gasteiger partial charge in [0.25, 0.3) is 5.91 Å². The second-order valence-corrected chi connectivity index (χ2v) is 7.10. The Labute approximate surface area is 171 Å². The van der Waals surface area contributed by atoms with E-state index in [0.717, 1.165) is 21.3 Å². The van der Waals surface area contributed by atoms with Crippen LogP contribution in [-0.2, 0) is 20.8 Å². The summed E-state index contributed by atoms with van der Waals surface area (Å²) in [5.41, 5.74) is 7.59. The molecule has 0 aliphatic carbocycles. The largest absolute Gasteiger partial charge is 0.484 e. The minimum absolute atomic E-state index is 0.152. The average Bonchev–Trinajstić information content (AvgIpc) is 2.64. The standard InChI is InChI=1S/C20H22BrN3O4/c1-13-2-5-15(21)11-17(13)24-19(26)8-9-23-20(27)12-28-16-6-3-14(4-7-16)10-18(22)25/h2-7,11H,8-10,12H2,1H3,(H2,22,25)(H,23,27)(H,24,26). The molecule has 0 heterocycles. The Balaban J connectivity index is 1.68. The van der Waals surface area contributed by atoms with Gasteiger partial charge in [-0.3, -0.25) is 14.4 Å². The molecule has 0 aliphatic heterocycles. The van der Waals surface area contributed by atoms with Gasteiger partial charge < -0.3 is 21.1 Å². The second-order valence-electron chi connectivity index (χ2n) is 6.18. The summed E-state index contributed by atoms with van der Waals surface area (Å²) in [7, 11) is 0. The maximum atomic E-state index is 12.0. The summed E-state index contributed by atoms with van der Waals surface area (Å²) in [4.78, 5) is 34.7. The van der Waals surface area contributed by atoms with Crippen LogP contribution in [0.5, 0.6) is 5.75 Å². The van der Waals surface area contributed by atoms with Crippen molar-refractivity contribution in [2.75, 3.05) is 18.5 Å². The minimum atomic E-state index is -0.410. The third-order valence-electron chi connectivity index (χ3n) is 3.82. The normalized spacial score (nSPS) is 10.2. The zero-order chi connectivity index (χ0) is 20.5. The van der Waals surface area contributed by atoms with Crippen molar-refractivity contribution in [2.45, 2.75) is 19.8 Å². The molecule has 0 bridgehead atoms. The fourth-order valence-electron chi connectivity index (χ4n) is 2.36. The van der Waals surface area contributed by atoms with Gasteiger partial charge in [0.15, 0.2) is 6.61 Å². The third-order valence-corrected chi connectivity index (χ3v) is 4.31. The number of benzene rings is 2. The van der Waals surface area contributed by atoms with Crippen LogP contribution in [0.2, 0.25) is 0 Å². The molecule has 4 N–H and O–H groups in total. The highest BCUT2D eigenvalue weighted by Crippen LogP contribution is 2.20. The fourth-order valence-corrected chi connectivity index (χ4v) is 2.72. The quantitative estimate of drug-likeness (QED) is 0.547. The van der Waals surface area contributed by atoms with Crippen LogP contribution in [0.25, 0.3) is 0 Å². The molecule has 148 valence electrons. The van der Waals surface area contributed by atoms with E-state index in [1.165, 1.54) is 0 Å². The Morgan fingerprint density at radius 2 is 1.79 bits per heavy atom. The Morgan fingerprint density at radius 1 is 1.07 bits per heavy atom. The van der Waals surface area contributed by atoms with Crippen molar-refractivity contribution >= 4 is 39.3 Å². The van der Waals surface area contributed by atoms with Crippen LogP contribution in [0.3, 0.4) is 0 Å². The van der Waals surface area contributed by atoms with Crippen LogP contribution in [0, 0.1) is 6.92 Å². The number of anilines is 1. The van der Waals surface area contributed by atoms with Crippen molar-refractivity contribution in [3.05, 3.63) is 58.1 Å². The number of halogens is 1. The van der Waals surface area contributed by atoms with E-state index in [1.807, 2.05) is 25.1 Å². The number of rotatable bonds is 9. The van der Waals surface area contributed by atoms with Crippen molar-refractivity contribution in [3.8, 4) is 5.75 Å². The first kappa shape index (κ1) is 21.4. The molecule has 2 aromatic carbocycles. The maximum absolute atomic E-state index is 12.0. The van der Waals surface area contributed by atoms with E-state index in [9.17, 15) is 14.4 Å². The van der Waals surface area contributed by atoms with E-state index in [-0.39, 0.29) is 37.8 Å². The number of carbonyl (C=O) groups is 3. The van der Waals surface area contributed by atoms with Crippen LogP contribution in [0.15, 0.2) is 46.9 Å². The first-order chi connectivity index (χ1) is 13.3. The summed E-state index contributed by atoms with van der Waals surface area (Å²) in [6.07, 6.45) is 0.307. The molecule has 0 radical (unpaired) electrons. The van der Waals surface area contributed by atoms with Gasteiger partial charge in [-0.15, -0.1) is 0 Å². The monoisotopic (exact) mass is 447 g/mol. The molecule has 0 unspecified atom stereocenters. The molecule has 2 aromatic rings. The third kappa shape index (κ3) is 7.40. The van der Waals surface area contributed by atoms with Gasteiger partial charge in [-0.05, 0) is 42.3 Å². The summed E-state index contributed by atoms with van der Waals surface area (Å²) >= 11 is 3.37. The zero-order valence-corrected chi connectivity index (χ0v) is 17.0. The van der Waals surface area contributed by atoms with Crippen LogP contribution in [0.4, 0.5) is 5.69 Å². The first-order valence-electron chi connectivity index (χ1n) is 8.66.